The molecule has 1 aromatic heterocycles. The topological polar surface area (TPSA) is 98.0 Å². The molecule has 0 bridgehead atoms. The zero-order valence-corrected chi connectivity index (χ0v) is 11.8. The molecule has 1 aliphatic rings. The highest BCUT2D eigenvalue weighted by molar-refractivity contribution is 5.94. The molecule has 7 heteroatoms. The first-order valence-corrected chi connectivity index (χ1v) is 6.81. The second kappa shape index (κ2) is 7.24. The van der Waals surface area contributed by atoms with E-state index in [4.69, 9.17) is 13.9 Å². The highest BCUT2D eigenvalue weighted by Crippen LogP contribution is 2.18. The van der Waals surface area contributed by atoms with E-state index in [1.165, 1.54) is 13.2 Å². The van der Waals surface area contributed by atoms with Gasteiger partial charge in [0.25, 0.3) is 5.91 Å². The summed E-state index contributed by atoms with van der Waals surface area (Å²) in [6, 6.07) is 2.14. The number of hydrogen-bond acceptors (Lipinski definition) is 5. The number of carbonyl (C=O) groups is 2. The molecule has 0 saturated carbocycles. The summed E-state index contributed by atoms with van der Waals surface area (Å²) in [7, 11) is 1.52. The zero-order valence-electron chi connectivity index (χ0n) is 11.8. The molecule has 1 fully saturated rings. The Hall–Kier alpha value is -1.86. The molecule has 0 aliphatic carbocycles. The Morgan fingerprint density at radius 1 is 1.52 bits per heavy atom. The summed E-state index contributed by atoms with van der Waals surface area (Å²) in [5.41, 5.74) is 0. The van der Waals surface area contributed by atoms with Crippen molar-refractivity contribution in [2.24, 2.45) is 5.92 Å². The first-order chi connectivity index (χ1) is 10.1. The molecule has 2 atom stereocenters. The smallest absolute Gasteiger partial charge is 0.326 e. The van der Waals surface area contributed by atoms with Gasteiger partial charge < -0.3 is 24.3 Å². The predicted molar refractivity (Wildman–Crippen MR) is 71.9 cm³/mol. The molecule has 0 aromatic carbocycles. The number of carboxylic acids is 1. The van der Waals surface area contributed by atoms with Gasteiger partial charge in [-0.05, 0) is 25.0 Å². The van der Waals surface area contributed by atoms with Crippen LogP contribution in [0.4, 0.5) is 0 Å². The molecule has 1 amide bonds. The maximum Gasteiger partial charge on any atom is 0.326 e. The molecule has 2 N–H and O–H groups in total. The van der Waals surface area contributed by atoms with Gasteiger partial charge in [0.1, 0.15) is 18.4 Å². The van der Waals surface area contributed by atoms with Gasteiger partial charge in [0.05, 0.1) is 6.61 Å². The molecule has 2 rings (SSSR count). The minimum absolute atomic E-state index is 0.0741. The Morgan fingerprint density at radius 2 is 2.33 bits per heavy atom. The van der Waals surface area contributed by atoms with Gasteiger partial charge in [0.2, 0.25) is 0 Å². The summed E-state index contributed by atoms with van der Waals surface area (Å²) in [5, 5.41) is 11.8. The molecule has 21 heavy (non-hydrogen) atoms. The lowest BCUT2D eigenvalue weighted by Gasteiger charge is -2.27. The number of methoxy groups -OCH3 is 1. The first-order valence-electron chi connectivity index (χ1n) is 6.81. The van der Waals surface area contributed by atoms with E-state index < -0.39 is 17.9 Å². The highest BCUT2D eigenvalue weighted by Gasteiger charge is 2.32. The molecule has 1 saturated heterocycles. The summed E-state index contributed by atoms with van der Waals surface area (Å²) in [6.07, 6.45) is 1.51. The van der Waals surface area contributed by atoms with E-state index in [0.29, 0.717) is 25.4 Å². The number of amides is 1. The molecule has 0 spiro atoms. The number of hydrogen-bond donors (Lipinski definition) is 2. The third-order valence-corrected chi connectivity index (χ3v) is 3.39. The molecular weight excluding hydrogens is 278 g/mol. The van der Waals surface area contributed by atoms with Gasteiger partial charge in [0, 0.05) is 19.6 Å². The average molecular weight is 297 g/mol. The van der Waals surface area contributed by atoms with Gasteiger partial charge >= 0.3 is 5.97 Å². The molecule has 0 unspecified atom stereocenters. The Balaban J connectivity index is 2.01. The lowest BCUT2D eigenvalue weighted by atomic mass is 9.93. The number of nitrogens with one attached hydrogen (secondary N) is 1. The van der Waals surface area contributed by atoms with E-state index in [2.05, 4.69) is 5.32 Å². The highest BCUT2D eigenvalue weighted by atomic mass is 16.5. The molecule has 2 heterocycles. The molecule has 7 nitrogen and oxygen atoms in total. The van der Waals surface area contributed by atoms with E-state index in [9.17, 15) is 14.7 Å². The second-order valence-electron chi connectivity index (χ2n) is 4.97. The molecule has 0 radical (unpaired) electrons. The van der Waals surface area contributed by atoms with Gasteiger partial charge in [-0.15, -0.1) is 0 Å². The Kier molecular flexibility index (Phi) is 5.35. The van der Waals surface area contributed by atoms with Crippen LogP contribution in [-0.4, -0.2) is 43.3 Å². The molecule has 116 valence electrons. The number of ether oxygens (including phenoxy) is 2. The zero-order chi connectivity index (χ0) is 15.2. The fraction of sp³-hybridized carbons (Fsp3) is 0.571. The molecule has 1 aliphatic heterocycles. The van der Waals surface area contributed by atoms with Crippen LogP contribution >= 0.6 is 0 Å². The van der Waals surface area contributed by atoms with Gasteiger partial charge in [-0.2, -0.15) is 0 Å². The van der Waals surface area contributed by atoms with E-state index >= 15 is 0 Å². The van der Waals surface area contributed by atoms with Crippen molar-refractivity contribution in [3.63, 3.8) is 0 Å². The number of furan rings is 1. The van der Waals surface area contributed by atoms with Crippen LogP contribution in [0.25, 0.3) is 0 Å². The first kappa shape index (κ1) is 15.5. The van der Waals surface area contributed by atoms with Crippen LogP contribution in [0.15, 0.2) is 16.5 Å². The van der Waals surface area contributed by atoms with E-state index in [1.54, 1.807) is 6.07 Å². The minimum Gasteiger partial charge on any atom is -0.480 e. The van der Waals surface area contributed by atoms with Crippen LogP contribution in [0.3, 0.4) is 0 Å². The monoisotopic (exact) mass is 297 g/mol. The maximum absolute atomic E-state index is 12.1. The van der Waals surface area contributed by atoms with Crippen molar-refractivity contribution in [3.8, 4) is 0 Å². The lowest BCUT2D eigenvalue weighted by Crippen LogP contribution is -2.48. The van der Waals surface area contributed by atoms with Crippen LogP contribution in [0.2, 0.25) is 0 Å². The molecule has 1 aromatic rings. The van der Waals surface area contributed by atoms with Crippen LogP contribution in [0, 0.1) is 5.92 Å². The van der Waals surface area contributed by atoms with E-state index in [-0.39, 0.29) is 18.3 Å². The van der Waals surface area contributed by atoms with E-state index in [0.717, 1.165) is 6.42 Å². The summed E-state index contributed by atoms with van der Waals surface area (Å²) in [5.74, 6) is -1.26. The summed E-state index contributed by atoms with van der Waals surface area (Å²) >= 11 is 0. The lowest BCUT2D eigenvalue weighted by molar-refractivity contribution is -0.142. The van der Waals surface area contributed by atoms with Gasteiger partial charge in [-0.3, -0.25) is 4.79 Å². The van der Waals surface area contributed by atoms with E-state index in [1.807, 2.05) is 0 Å². The van der Waals surface area contributed by atoms with Gasteiger partial charge in [-0.25, -0.2) is 4.79 Å². The largest absolute Gasteiger partial charge is 0.480 e. The normalized spacial score (nSPS) is 20.0. The van der Waals surface area contributed by atoms with Crippen molar-refractivity contribution in [3.05, 3.63) is 23.7 Å². The van der Waals surface area contributed by atoms with Crippen molar-refractivity contribution < 1.29 is 28.6 Å². The number of aliphatic carboxylic acids is 1. The van der Waals surface area contributed by atoms with Crippen molar-refractivity contribution in [2.45, 2.75) is 25.5 Å². The van der Waals surface area contributed by atoms with Crippen molar-refractivity contribution >= 4 is 11.9 Å². The second-order valence-corrected chi connectivity index (χ2v) is 4.97. The summed E-state index contributed by atoms with van der Waals surface area (Å²) < 4.78 is 15.5. The number of carboxylic acid groups (broad SMARTS) is 1. The van der Waals surface area contributed by atoms with Crippen LogP contribution in [-0.2, 0) is 20.9 Å². The standard InChI is InChI=1S/C14H19NO6/c1-19-8-10-4-5-11(21-10)13(16)15-12(14(17)18)9-3-2-6-20-7-9/h4-5,9,12H,2-3,6-8H2,1H3,(H,15,16)(H,17,18)/t9-,12+/m0/s1. The number of rotatable bonds is 6. The SMILES string of the molecule is COCc1ccc(C(=O)N[C@@H](C(=O)O)[C@H]2CCCOC2)o1. The average Bonchev–Trinajstić information content (AvgIpc) is 2.94. The van der Waals surface area contributed by atoms with Crippen LogP contribution in [0.5, 0.6) is 0 Å². The summed E-state index contributed by atoms with van der Waals surface area (Å²) in [6.45, 7) is 1.23. The summed E-state index contributed by atoms with van der Waals surface area (Å²) in [4.78, 5) is 23.4. The Morgan fingerprint density at radius 3 is 2.95 bits per heavy atom. The van der Waals surface area contributed by atoms with Crippen LogP contribution in [0.1, 0.15) is 29.2 Å². The fourth-order valence-corrected chi connectivity index (χ4v) is 2.34. The van der Waals surface area contributed by atoms with Crippen molar-refractivity contribution in [2.75, 3.05) is 20.3 Å². The third-order valence-electron chi connectivity index (χ3n) is 3.39. The fourth-order valence-electron chi connectivity index (χ4n) is 2.34. The van der Waals surface area contributed by atoms with Gasteiger partial charge in [0.15, 0.2) is 5.76 Å². The Bertz CT molecular complexity index is 491. The Labute approximate surface area is 122 Å². The minimum atomic E-state index is -1.07. The van der Waals surface area contributed by atoms with Gasteiger partial charge in [-0.1, -0.05) is 0 Å². The quantitative estimate of drug-likeness (QED) is 0.814. The van der Waals surface area contributed by atoms with Crippen molar-refractivity contribution in [1.82, 2.24) is 5.32 Å². The molecular formula is C14H19NO6. The third kappa shape index (κ3) is 4.05. The maximum atomic E-state index is 12.1. The number of carbonyl (C=O) groups excluding carboxylic acids is 1. The van der Waals surface area contributed by atoms with Crippen molar-refractivity contribution in [1.29, 1.82) is 0 Å². The predicted octanol–water partition coefficient (Wildman–Crippen LogP) is 1.04. The van der Waals surface area contributed by atoms with Crippen LogP contribution < -0.4 is 5.32 Å².